The zero-order valence-corrected chi connectivity index (χ0v) is 22.7. The lowest BCUT2D eigenvalue weighted by Gasteiger charge is -2.41. The van der Waals surface area contributed by atoms with Crippen LogP contribution in [0.1, 0.15) is 37.6 Å². The van der Waals surface area contributed by atoms with Gasteiger partial charge in [0.1, 0.15) is 18.0 Å². The van der Waals surface area contributed by atoms with Crippen molar-refractivity contribution >= 4 is 35.6 Å². The van der Waals surface area contributed by atoms with Gasteiger partial charge in [0.25, 0.3) is 0 Å². The highest BCUT2D eigenvalue weighted by Crippen LogP contribution is 2.30. The molecule has 38 heavy (non-hydrogen) atoms. The van der Waals surface area contributed by atoms with E-state index < -0.39 is 29.8 Å². The molecule has 2 amide bonds. The monoisotopic (exact) mass is 545 g/mol. The molecule has 0 saturated carbocycles. The minimum Gasteiger partial charge on any atom is -0.467 e. The van der Waals surface area contributed by atoms with E-state index in [4.69, 9.17) is 25.8 Å². The number of hydrogen-bond donors (Lipinski definition) is 0. The fourth-order valence-corrected chi connectivity index (χ4v) is 4.64. The minimum absolute atomic E-state index is 0.0316. The fourth-order valence-electron chi connectivity index (χ4n) is 4.46. The smallest absolute Gasteiger partial charge is 0.410 e. The third-order valence-electron chi connectivity index (χ3n) is 6.26. The average Bonchev–Trinajstić information content (AvgIpc) is 2.89. The summed E-state index contributed by atoms with van der Waals surface area (Å²) in [5.74, 6) is 0.0199. The molecule has 1 aromatic heterocycles. The number of carbonyl (C=O) groups is 3. The van der Waals surface area contributed by atoms with Crippen molar-refractivity contribution in [2.45, 2.75) is 52.0 Å². The lowest BCUT2D eigenvalue weighted by Crippen LogP contribution is -2.59. The van der Waals surface area contributed by atoms with Gasteiger partial charge in [0.2, 0.25) is 5.28 Å². The van der Waals surface area contributed by atoms with Gasteiger partial charge in [0.05, 0.1) is 25.9 Å². The lowest BCUT2D eigenvalue weighted by atomic mass is 10.0. The number of carbonyl (C=O) groups excluding carboxylic acids is 3. The fraction of sp³-hybridized carbons (Fsp3) is 0.500. The summed E-state index contributed by atoms with van der Waals surface area (Å²) in [5, 5.41) is 0.0316. The maximum atomic E-state index is 12.9. The Morgan fingerprint density at radius 1 is 1.05 bits per heavy atom. The summed E-state index contributed by atoms with van der Waals surface area (Å²) in [6.07, 6.45) is -0.531. The van der Waals surface area contributed by atoms with E-state index >= 15 is 0 Å². The summed E-state index contributed by atoms with van der Waals surface area (Å²) in [6, 6.07) is 8.41. The molecule has 1 saturated heterocycles. The second-order valence-electron chi connectivity index (χ2n) is 10.1. The molecule has 0 radical (unpaired) electrons. The van der Waals surface area contributed by atoms with Crippen LogP contribution in [0.15, 0.2) is 30.3 Å². The van der Waals surface area contributed by atoms with E-state index in [9.17, 15) is 14.4 Å². The lowest BCUT2D eigenvalue weighted by molar-refractivity contribution is -0.146. The predicted octanol–water partition coefficient (Wildman–Crippen LogP) is 3.42. The Morgan fingerprint density at radius 2 is 1.79 bits per heavy atom. The first-order valence-electron chi connectivity index (χ1n) is 12.4. The van der Waals surface area contributed by atoms with Crippen LogP contribution in [-0.4, -0.2) is 82.9 Å². The minimum atomic E-state index is -0.900. The molecule has 2 aliphatic heterocycles. The molecule has 11 nitrogen and oxygen atoms in total. The molecular formula is C26H32ClN5O6. The van der Waals surface area contributed by atoms with E-state index in [1.807, 2.05) is 56.0 Å². The largest absolute Gasteiger partial charge is 0.467 e. The van der Waals surface area contributed by atoms with Crippen molar-refractivity contribution in [3.05, 3.63) is 52.4 Å². The number of aromatic nitrogens is 2. The molecule has 0 aliphatic carbocycles. The van der Waals surface area contributed by atoms with Gasteiger partial charge in [0, 0.05) is 25.2 Å². The number of halogens is 1. The number of piperazine rings is 1. The molecule has 2 aromatic rings. The maximum Gasteiger partial charge on any atom is 0.410 e. The van der Waals surface area contributed by atoms with Gasteiger partial charge in [-0.05, 0) is 44.4 Å². The molecule has 1 fully saturated rings. The molecule has 3 heterocycles. The Kier molecular flexibility index (Phi) is 8.25. The number of esters is 1. The summed E-state index contributed by atoms with van der Waals surface area (Å²) in [5.41, 5.74) is 1.70. The van der Waals surface area contributed by atoms with Crippen LogP contribution in [-0.2, 0) is 38.6 Å². The van der Waals surface area contributed by atoms with Gasteiger partial charge in [0.15, 0.2) is 6.04 Å². The highest BCUT2D eigenvalue weighted by Gasteiger charge is 2.39. The Bertz CT molecular complexity index is 1190. The second kappa shape index (κ2) is 11.4. The molecule has 12 heteroatoms. The third kappa shape index (κ3) is 6.45. The molecule has 0 N–H and O–H groups in total. The molecular weight excluding hydrogens is 514 g/mol. The van der Waals surface area contributed by atoms with Gasteiger partial charge < -0.3 is 24.0 Å². The van der Waals surface area contributed by atoms with Crippen molar-refractivity contribution in [2.75, 3.05) is 38.2 Å². The zero-order chi connectivity index (χ0) is 27.4. The highest BCUT2D eigenvalue weighted by molar-refractivity contribution is 6.28. The Morgan fingerprint density at radius 3 is 2.47 bits per heavy atom. The van der Waals surface area contributed by atoms with Crippen LogP contribution in [0, 0.1) is 0 Å². The van der Waals surface area contributed by atoms with E-state index in [0.29, 0.717) is 31.0 Å². The van der Waals surface area contributed by atoms with Crippen molar-refractivity contribution < 1.29 is 28.6 Å². The Labute approximate surface area is 226 Å². The van der Waals surface area contributed by atoms with Crippen LogP contribution in [0.2, 0.25) is 5.28 Å². The van der Waals surface area contributed by atoms with E-state index in [2.05, 4.69) is 9.97 Å². The van der Waals surface area contributed by atoms with Gasteiger partial charge in [-0.2, -0.15) is 0 Å². The number of benzene rings is 1. The SMILES string of the molecule is COC(=O)C1CN(c2nc(Cl)nc3c2CCN(C(=O)OC(C)(C)C)C3)CCN1C(=O)OCc1ccccc1. The standard InChI is InChI=1S/C26H32ClN5O6/c1-26(2,3)38-24(34)31-11-10-18-19(14-31)28-23(27)29-21(18)30-12-13-32(20(15-30)22(33)36-4)25(35)37-16-17-8-6-5-7-9-17/h5-9,20H,10-16H2,1-4H3. The molecule has 2 aliphatic rings. The number of hydrogen-bond acceptors (Lipinski definition) is 9. The van der Waals surface area contributed by atoms with Gasteiger partial charge >= 0.3 is 18.2 Å². The van der Waals surface area contributed by atoms with Crippen LogP contribution in [0.5, 0.6) is 0 Å². The van der Waals surface area contributed by atoms with Crippen LogP contribution in [0.3, 0.4) is 0 Å². The van der Waals surface area contributed by atoms with E-state index in [0.717, 1.165) is 11.1 Å². The van der Waals surface area contributed by atoms with Gasteiger partial charge in [-0.3, -0.25) is 4.90 Å². The molecule has 204 valence electrons. The number of anilines is 1. The molecule has 1 unspecified atom stereocenters. The van der Waals surface area contributed by atoms with E-state index in [-0.39, 0.29) is 31.5 Å². The predicted molar refractivity (Wildman–Crippen MR) is 139 cm³/mol. The summed E-state index contributed by atoms with van der Waals surface area (Å²) in [7, 11) is 1.28. The number of nitrogens with zero attached hydrogens (tertiary/aromatic N) is 5. The van der Waals surface area contributed by atoms with E-state index in [1.54, 1.807) is 4.90 Å². The first-order chi connectivity index (χ1) is 18.1. The molecule has 1 aromatic carbocycles. The van der Waals surface area contributed by atoms with E-state index in [1.165, 1.54) is 12.0 Å². The van der Waals surface area contributed by atoms with Gasteiger partial charge in [-0.1, -0.05) is 30.3 Å². The Balaban J connectivity index is 1.50. The number of methoxy groups -OCH3 is 1. The first kappa shape index (κ1) is 27.4. The molecule has 0 bridgehead atoms. The summed E-state index contributed by atoms with van der Waals surface area (Å²) < 4.78 is 16.0. The highest BCUT2D eigenvalue weighted by atomic mass is 35.5. The van der Waals surface area contributed by atoms with Crippen LogP contribution in [0.25, 0.3) is 0 Å². The van der Waals surface area contributed by atoms with Crippen molar-refractivity contribution in [3.8, 4) is 0 Å². The molecule has 0 spiro atoms. The zero-order valence-electron chi connectivity index (χ0n) is 22.0. The van der Waals surface area contributed by atoms with Crippen molar-refractivity contribution in [2.24, 2.45) is 0 Å². The van der Waals surface area contributed by atoms with Crippen LogP contribution in [0.4, 0.5) is 15.4 Å². The van der Waals surface area contributed by atoms with Crippen molar-refractivity contribution in [1.82, 2.24) is 19.8 Å². The number of fused-ring (bicyclic) bond motifs is 1. The van der Waals surface area contributed by atoms with Crippen LogP contribution < -0.4 is 4.90 Å². The number of rotatable bonds is 4. The normalized spacial score (nSPS) is 17.5. The maximum absolute atomic E-state index is 12.9. The Hall–Kier alpha value is -3.60. The van der Waals surface area contributed by atoms with Gasteiger partial charge in [-0.25, -0.2) is 24.4 Å². The summed E-state index contributed by atoms with van der Waals surface area (Å²) >= 11 is 6.28. The molecule has 4 rings (SSSR count). The first-order valence-corrected chi connectivity index (χ1v) is 12.8. The topological polar surface area (TPSA) is 114 Å². The quantitative estimate of drug-likeness (QED) is 0.324. The second-order valence-corrected chi connectivity index (χ2v) is 10.4. The summed E-state index contributed by atoms with van der Waals surface area (Å²) in [6.45, 7) is 6.94. The van der Waals surface area contributed by atoms with Crippen molar-refractivity contribution in [1.29, 1.82) is 0 Å². The van der Waals surface area contributed by atoms with Gasteiger partial charge in [-0.15, -0.1) is 0 Å². The third-order valence-corrected chi connectivity index (χ3v) is 6.43. The van der Waals surface area contributed by atoms with Crippen molar-refractivity contribution in [3.63, 3.8) is 0 Å². The molecule has 1 atom stereocenters. The number of amides is 2. The van der Waals surface area contributed by atoms with Crippen LogP contribution >= 0.6 is 11.6 Å². The summed E-state index contributed by atoms with van der Waals surface area (Å²) in [4.78, 5) is 51.9. The average molecular weight is 546 g/mol. The number of ether oxygens (including phenoxy) is 3.